The summed E-state index contributed by atoms with van der Waals surface area (Å²) in [7, 11) is 0. The second-order valence-electron chi connectivity index (χ2n) is 3.08. The number of hydrogen-bond acceptors (Lipinski definition) is 2. The Kier molecular flexibility index (Phi) is 3.17. The van der Waals surface area contributed by atoms with Gasteiger partial charge in [-0.05, 0) is 18.2 Å². The summed E-state index contributed by atoms with van der Waals surface area (Å²) in [5.74, 6) is 2.51. The minimum atomic E-state index is 1.17. The van der Waals surface area contributed by atoms with Crippen molar-refractivity contribution in [1.82, 2.24) is 0 Å². The summed E-state index contributed by atoms with van der Waals surface area (Å²) in [6, 6.07) is 8.54. The zero-order valence-corrected chi connectivity index (χ0v) is 9.77. The highest BCUT2D eigenvalue weighted by molar-refractivity contribution is 9.10. The molecule has 0 saturated carbocycles. The van der Waals surface area contributed by atoms with Crippen molar-refractivity contribution >= 4 is 33.4 Å². The van der Waals surface area contributed by atoms with Gasteiger partial charge in [0, 0.05) is 34.8 Å². The van der Waals surface area contributed by atoms with E-state index in [1.807, 2.05) is 11.8 Å². The Morgan fingerprint density at radius 2 is 2.00 bits per heavy atom. The van der Waals surface area contributed by atoms with Crippen LogP contribution >= 0.6 is 27.7 Å². The molecule has 0 N–H and O–H groups in total. The van der Waals surface area contributed by atoms with Gasteiger partial charge < -0.3 is 4.90 Å². The molecule has 0 unspecified atom stereocenters. The second kappa shape index (κ2) is 4.38. The van der Waals surface area contributed by atoms with E-state index in [-0.39, 0.29) is 0 Å². The van der Waals surface area contributed by atoms with Gasteiger partial charge in [0.05, 0.1) is 0 Å². The number of halogens is 1. The fraction of sp³-hybridized carbons (Fsp3) is 0.400. The molecule has 1 aromatic carbocycles. The summed E-state index contributed by atoms with van der Waals surface area (Å²) in [4.78, 5) is 2.45. The molecule has 0 aliphatic carbocycles. The van der Waals surface area contributed by atoms with Crippen LogP contribution in [0.5, 0.6) is 0 Å². The lowest BCUT2D eigenvalue weighted by Gasteiger charge is -2.28. The molecule has 3 heteroatoms. The molecule has 0 aromatic heterocycles. The molecule has 0 amide bonds. The van der Waals surface area contributed by atoms with E-state index in [2.05, 4.69) is 45.1 Å². The lowest BCUT2D eigenvalue weighted by Crippen LogP contribution is -2.32. The fourth-order valence-electron chi connectivity index (χ4n) is 1.49. The molecule has 1 saturated heterocycles. The molecular formula is C10H12BrNS. The van der Waals surface area contributed by atoms with Crippen molar-refractivity contribution in [3.05, 3.63) is 28.7 Å². The van der Waals surface area contributed by atoms with Crippen molar-refractivity contribution < 1.29 is 0 Å². The molecule has 1 aliphatic rings. The van der Waals surface area contributed by atoms with Crippen LogP contribution in [0.25, 0.3) is 0 Å². The monoisotopic (exact) mass is 257 g/mol. The van der Waals surface area contributed by atoms with Crippen LogP contribution < -0.4 is 4.90 Å². The molecule has 2 rings (SSSR count). The summed E-state index contributed by atoms with van der Waals surface area (Å²) in [5.41, 5.74) is 1.34. The first kappa shape index (κ1) is 9.41. The maximum Gasteiger partial charge on any atom is 0.0378 e. The number of hydrogen-bond donors (Lipinski definition) is 0. The van der Waals surface area contributed by atoms with Crippen LogP contribution in [0.1, 0.15) is 0 Å². The van der Waals surface area contributed by atoms with E-state index in [1.54, 1.807) is 0 Å². The zero-order chi connectivity index (χ0) is 9.10. The van der Waals surface area contributed by atoms with Crippen LogP contribution in [-0.2, 0) is 0 Å². The number of nitrogens with zero attached hydrogens (tertiary/aromatic N) is 1. The standard InChI is InChI=1S/C10H12BrNS/c11-9-2-1-3-10(8-9)12-4-6-13-7-5-12/h1-3,8H,4-7H2. The SMILES string of the molecule is Brc1cccc(N2CCSCC2)c1. The Hall–Kier alpha value is -0.150. The number of thioether (sulfide) groups is 1. The van der Waals surface area contributed by atoms with Gasteiger partial charge in [-0.15, -0.1) is 0 Å². The van der Waals surface area contributed by atoms with Crippen molar-refractivity contribution in [3.63, 3.8) is 0 Å². The third kappa shape index (κ3) is 2.41. The largest absolute Gasteiger partial charge is 0.370 e. The molecule has 1 heterocycles. The maximum atomic E-state index is 3.50. The summed E-state index contributed by atoms with van der Waals surface area (Å²) >= 11 is 5.54. The third-order valence-corrected chi connectivity index (χ3v) is 3.62. The smallest absolute Gasteiger partial charge is 0.0378 e. The topological polar surface area (TPSA) is 3.24 Å². The van der Waals surface area contributed by atoms with Crippen molar-refractivity contribution in [2.75, 3.05) is 29.5 Å². The van der Waals surface area contributed by atoms with Crippen molar-refractivity contribution in [2.45, 2.75) is 0 Å². The van der Waals surface area contributed by atoms with Gasteiger partial charge in [-0.25, -0.2) is 0 Å². The second-order valence-corrected chi connectivity index (χ2v) is 5.22. The van der Waals surface area contributed by atoms with Crippen LogP contribution in [0.2, 0.25) is 0 Å². The highest BCUT2D eigenvalue weighted by Gasteiger charge is 2.10. The molecule has 0 radical (unpaired) electrons. The highest BCUT2D eigenvalue weighted by Crippen LogP contribution is 2.22. The summed E-state index contributed by atoms with van der Waals surface area (Å²) in [6.45, 7) is 2.36. The minimum Gasteiger partial charge on any atom is -0.370 e. The average molecular weight is 258 g/mol. The maximum absolute atomic E-state index is 3.50. The first-order chi connectivity index (χ1) is 6.36. The number of anilines is 1. The number of benzene rings is 1. The normalized spacial score (nSPS) is 17.5. The summed E-state index contributed by atoms with van der Waals surface area (Å²) < 4.78 is 1.17. The predicted octanol–water partition coefficient (Wildman–Crippen LogP) is 3.00. The fourth-order valence-corrected chi connectivity index (χ4v) is 2.78. The summed E-state index contributed by atoms with van der Waals surface area (Å²) in [6.07, 6.45) is 0. The van der Waals surface area contributed by atoms with Gasteiger partial charge in [0.25, 0.3) is 0 Å². The van der Waals surface area contributed by atoms with Crippen LogP contribution in [0.3, 0.4) is 0 Å². The minimum absolute atomic E-state index is 1.17. The quantitative estimate of drug-likeness (QED) is 0.761. The Balaban J connectivity index is 2.14. The average Bonchev–Trinajstić information content (AvgIpc) is 2.19. The molecule has 1 aliphatic heterocycles. The number of rotatable bonds is 1. The molecule has 0 spiro atoms. The van der Waals surface area contributed by atoms with Crippen molar-refractivity contribution in [1.29, 1.82) is 0 Å². The Labute approximate surface area is 91.6 Å². The van der Waals surface area contributed by atoms with E-state index in [1.165, 1.54) is 34.8 Å². The lowest BCUT2D eigenvalue weighted by molar-refractivity contribution is 0.858. The van der Waals surface area contributed by atoms with Gasteiger partial charge in [0.2, 0.25) is 0 Å². The van der Waals surface area contributed by atoms with E-state index >= 15 is 0 Å². The van der Waals surface area contributed by atoms with Gasteiger partial charge >= 0.3 is 0 Å². The molecule has 13 heavy (non-hydrogen) atoms. The van der Waals surface area contributed by atoms with Gasteiger partial charge in [-0.1, -0.05) is 22.0 Å². The molecule has 1 nitrogen and oxygen atoms in total. The van der Waals surface area contributed by atoms with Gasteiger partial charge in [0.1, 0.15) is 0 Å². The van der Waals surface area contributed by atoms with Crippen molar-refractivity contribution in [2.24, 2.45) is 0 Å². The first-order valence-electron chi connectivity index (χ1n) is 4.44. The molecule has 70 valence electrons. The zero-order valence-electron chi connectivity index (χ0n) is 7.37. The van der Waals surface area contributed by atoms with E-state index < -0.39 is 0 Å². The van der Waals surface area contributed by atoms with Gasteiger partial charge in [0.15, 0.2) is 0 Å². The van der Waals surface area contributed by atoms with E-state index in [4.69, 9.17) is 0 Å². The Bertz CT molecular complexity index is 284. The Morgan fingerprint density at radius 3 is 2.69 bits per heavy atom. The van der Waals surface area contributed by atoms with Crippen molar-refractivity contribution in [3.8, 4) is 0 Å². The van der Waals surface area contributed by atoms with Crippen LogP contribution in [-0.4, -0.2) is 24.6 Å². The van der Waals surface area contributed by atoms with Gasteiger partial charge in [-0.2, -0.15) is 11.8 Å². The molecule has 1 aromatic rings. The van der Waals surface area contributed by atoms with Crippen LogP contribution in [0.4, 0.5) is 5.69 Å². The first-order valence-corrected chi connectivity index (χ1v) is 6.39. The van der Waals surface area contributed by atoms with E-state index in [0.717, 1.165) is 0 Å². The van der Waals surface area contributed by atoms with E-state index in [0.29, 0.717) is 0 Å². The van der Waals surface area contributed by atoms with Gasteiger partial charge in [-0.3, -0.25) is 0 Å². The lowest BCUT2D eigenvalue weighted by atomic mass is 10.3. The molecule has 1 fully saturated rings. The van der Waals surface area contributed by atoms with Crippen LogP contribution in [0, 0.1) is 0 Å². The molecular weight excluding hydrogens is 246 g/mol. The third-order valence-electron chi connectivity index (χ3n) is 2.18. The van der Waals surface area contributed by atoms with E-state index in [9.17, 15) is 0 Å². The highest BCUT2D eigenvalue weighted by atomic mass is 79.9. The van der Waals surface area contributed by atoms with Crippen LogP contribution in [0.15, 0.2) is 28.7 Å². The molecule has 0 bridgehead atoms. The molecule has 0 atom stereocenters. The summed E-state index contributed by atoms with van der Waals surface area (Å²) in [5, 5.41) is 0. The predicted molar refractivity (Wildman–Crippen MR) is 63.7 cm³/mol. The Morgan fingerprint density at radius 1 is 1.23 bits per heavy atom.